The second-order valence-corrected chi connectivity index (χ2v) is 22.7. The van der Waals surface area contributed by atoms with Crippen molar-refractivity contribution in [3.05, 3.63) is 48.6 Å². The predicted molar refractivity (Wildman–Crippen MR) is 330 cm³/mol. The lowest BCUT2D eigenvalue weighted by Crippen LogP contribution is -2.30. The summed E-state index contributed by atoms with van der Waals surface area (Å²) < 4.78 is 16.9. The Balaban J connectivity index is 4.13. The van der Waals surface area contributed by atoms with Crippen molar-refractivity contribution in [1.29, 1.82) is 0 Å². The minimum Gasteiger partial charge on any atom is -0.462 e. The molecule has 0 N–H and O–H groups in total. The summed E-state index contributed by atoms with van der Waals surface area (Å²) in [6, 6.07) is 0. The molecule has 0 aromatic carbocycles. The molecule has 1 atom stereocenters. The topological polar surface area (TPSA) is 78.9 Å². The second-order valence-electron chi connectivity index (χ2n) is 22.7. The molecule has 0 aliphatic carbocycles. The van der Waals surface area contributed by atoms with Crippen molar-refractivity contribution >= 4 is 17.9 Å². The molecule has 0 amide bonds. The van der Waals surface area contributed by atoms with Gasteiger partial charge in [0.1, 0.15) is 13.2 Å². The van der Waals surface area contributed by atoms with Crippen LogP contribution in [0.2, 0.25) is 0 Å². The summed E-state index contributed by atoms with van der Waals surface area (Å²) in [5.41, 5.74) is 0. The monoisotopic (exact) mass is 1060 g/mol. The highest BCUT2D eigenvalue weighted by molar-refractivity contribution is 5.71. The Kier molecular flexibility index (Phi) is 62.6. The number of allylic oxidation sites excluding steroid dienone is 8. The van der Waals surface area contributed by atoms with Crippen molar-refractivity contribution in [2.45, 2.75) is 367 Å². The van der Waals surface area contributed by atoms with Crippen molar-refractivity contribution in [1.82, 2.24) is 0 Å². The van der Waals surface area contributed by atoms with Crippen LogP contribution in [0, 0.1) is 0 Å². The number of rotatable bonds is 62. The highest BCUT2D eigenvalue weighted by Gasteiger charge is 2.19. The highest BCUT2D eigenvalue weighted by atomic mass is 16.6. The van der Waals surface area contributed by atoms with E-state index in [-0.39, 0.29) is 31.1 Å². The minimum absolute atomic E-state index is 0.0661. The fourth-order valence-electron chi connectivity index (χ4n) is 10.1. The molecule has 0 saturated carbocycles. The molecule has 0 aliphatic heterocycles. The molecular weight excluding hydrogens is 937 g/mol. The molecule has 0 fully saturated rings. The molecule has 1 unspecified atom stereocenters. The van der Waals surface area contributed by atoms with Crippen LogP contribution < -0.4 is 0 Å². The second kappa shape index (κ2) is 64.9. The molecule has 0 spiro atoms. The number of carbonyl (C=O) groups excluding carboxylic acids is 3. The van der Waals surface area contributed by atoms with E-state index < -0.39 is 6.10 Å². The van der Waals surface area contributed by atoms with Crippen LogP contribution in [0.5, 0.6) is 0 Å². The van der Waals surface area contributed by atoms with E-state index in [4.69, 9.17) is 14.2 Å². The summed E-state index contributed by atoms with van der Waals surface area (Å²) in [5, 5.41) is 0. The Morgan fingerprint density at radius 3 is 0.803 bits per heavy atom. The fraction of sp³-hybridized carbons (Fsp3) is 0.843. The molecule has 444 valence electrons. The van der Waals surface area contributed by atoms with E-state index in [1.807, 2.05) is 0 Å². The largest absolute Gasteiger partial charge is 0.462 e. The number of esters is 3. The molecule has 76 heavy (non-hydrogen) atoms. The van der Waals surface area contributed by atoms with Gasteiger partial charge in [-0.3, -0.25) is 14.4 Å². The van der Waals surface area contributed by atoms with E-state index in [2.05, 4.69) is 69.4 Å². The standard InChI is InChI=1S/C70H128O6/c1-4-7-10-13-16-19-22-24-26-28-30-31-32-33-34-35-36-37-38-39-41-42-44-46-48-51-54-57-60-63-69(72)75-66-67(65-74-68(71)62-59-56-53-50-21-18-15-12-9-6-3)76-70(73)64-61-58-55-52-49-47-45-43-40-29-27-25-23-20-17-14-11-8-5-2/h7,10,16,19,24,26,30-31,67H,4-6,8-9,11-15,17-18,20-23,25,27-29,32-66H2,1-3H3/b10-7-,19-16-,26-24-,31-30-. The molecule has 0 heterocycles. The molecule has 0 rings (SSSR count). The molecule has 0 aromatic heterocycles. The maximum Gasteiger partial charge on any atom is 0.306 e. The molecule has 6 nitrogen and oxygen atoms in total. The Bertz CT molecular complexity index is 1310. The van der Waals surface area contributed by atoms with Crippen molar-refractivity contribution in [2.75, 3.05) is 13.2 Å². The maximum absolute atomic E-state index is 12.9. The quantitative estimate of drug-likeness (QED) is 0.0261. The van der Waals surface area contributed by atoms with Gasteiger partial charge in [0, 0.05) is 19.3 Å². The van der Waals surface area contributed by atoms with Crippen LogP contribution in [-0.2, 0) is 28.6 Å². The van der Waals surface area contributed by atoms with Crippen molar-refractivity contribution < 1.29 is 28.6 Å². The van der Waals surface area contributed by atoms with Crippen molar-refractivity contribution in [3.8, 4) is 0 Å². The predicted octanol–water partition coefficient (Wildman–Crippen LogP) is 22.9. The van der Waals surface area contributed by atoms with Gasteiger partial charge in [-0.1, -0.05) is 333 Å². The third-order valence-electron chi connectivity index (χ3n) is 15.1. The van der Waals surface area contributed by atoms with E-state index in [1.165, 1.54) is 238 Å². The Labute approximate surface area is 473 Å². The molecular formula is C70H128O6. The van der Waals surface area contributed by atoms with Gasteiger partial charge in [-0.2, -0.15) is 0 Å². The van der Waals surface area contributed by atoms with Gasteiger partial charge in [0.05, 0.1) is 0 Å². The lowest BCUT2D eigenvalue weighted by molar-refractivity contribution is -0.167. The van der Waals surface area contributed by atoms with Crippen LogP contribution in [0.25, 0.3) is 0 Å². The van der Waals surface area contributed by atoms with Gasteiger partial charge in [0.25, 0.3) is 0 Å². The smallest absolute Gasteiger partial charge is 0.306 e. The van der Waals surface area contributed by atoms with E-state index >= 15 is 0 Å². The first-order chi connectivity index (χ1) is 37.5. The number of hydrogen-bond acceptors (Lipinski definition) is 6. The van der Waals surface area contributed by atoms with Gasteiger partial charge in [0.15, 0.2) is 6.10 Å². The summed E-state index contributed by atoms with van der Waals surface area (Å²) in [5.74, 6) is -0.842. The lowest BCUT2D eigenvalue weighted by Gasteiger charge is -2.18. The van der Waals surface area contributed by atoms with Crippen LogP contribution >= 0.6 is 0 Å². The van der Waals surface area contributed by atoms with Gasteiger partial charge < -0.3 is 14.2 Å². The molecule has 0 aromatic rings. The molecule has 0 saturated heterocycles. The molecule has 0 bridgehead atoms. The van der Waals surface area contributed by atoms with Gasteiger partial charge in [-0.25, -0.2) is 0 Å². The van der Waals surface area contributed by atoms with E-state index in [0.717, 1.165) is 83.5 Å². The van der Waals surface area contributed by atoms with E-state index in [9.17, 15) is 14.4 Å². The molecule has 6 heteroatoms. The lowest BCUT2D eigenvalue weighted by atomic mass is 10.0. The molecule has 0 radical (unpaired) electrons. The third kappa shape index (κ3) is 62.2. The number of ether oxygens (including phenoxy) is 3. The van der Waals surface area contributed by atoms with Gasteiger partial charge >= 0.3 is 17.9 Å². The third-order valence-corrected chi connectivity index (χ3v) is 15.1. The SMILES string of the molecule is CC/C=C\C/C=C\C/C=C\C/C=C\CCCCCCCCCCCCCCCCCCC(=O)OCC(COC(=O)CCCCCCCCCCCC)OC(=O)CCCCCCCCCCCCCCCCCCCCC. The van der Waals surface area contributed by atoms with Crippen LogP contribution in [0.1, 0.15) is 361 Å². The van der Waals surface area contributed by atoms with E-state index in [0.29, 0.717) is 19.3 Å². The summed E-state index contributed by atoms with van der Waals surface area (Å²) in [4.78, 5) is 38.3. The van der Waals surface area contributed by atoms with E-state index in [1.54, 1.807) is 0 Å². The van der Waals surface area contributed by atoms with Crippen LogP contribution in [0.15, 0.2) is 48.6 Å². The highest BCUT2D eigenvalue weighted by Crippen LogP contribution is 2.18. The zero-order valence-corrected chi connectivity index (χ0v) is 51.0. The van der Waals surface area contributed by atoms with Gasteiger partial charge in [-0.05, 0) is 57.8 Å². The first-order valence-corrected chi connectivity index (χ1v) is 33.6. The molecule has 0 aliphatic rings. The Morgan fingerprint density at radius 1 is 0.276 bits per heavy atom. The summed E-state index contributed by atoms with van der Waals surface area (Å²) >= 11 is 0. The zero-order valence-electron chi connectivity index (χ0n) is 51.0. The first-order valence-electron chi connectivity index (χ1n) is 33.6. The minimum atomic E-state index is -0.767. The van der Waals surface area contributed by atoms with Gasteiger partial charge in [0.2, 0.25) is 0 Å². The van der Waals surface area contributed by atoms with Gasteiger partial charge in [-0.15, -0.1) is 0 Å². The maximum atomic E-state index is 12.9. The fourth-order valence-corrected chi connectivity index (χ4v) is 10.1. The van der Waals surface area contributed by atoms with Crippen molar-refractivity contribution in [2.24, 2.45) is 0 Å². The van der Waals surface area contributed by atoms with Crippen LogP contribution in [-0.4, -0.2) is 37.2 Å². The number of carbonyl (C=O) groups is 3. The van der Waals surface area contributed by atoms with Crippen LogP contribution in [0.4, 0.5) is 0 Å². The average molecular weight is 1070 g/mol. The normalized spacial score (nSPS) is 12.3. The Hall–Kier alpha value is -2.63. The summed E-state index contributed by atoms with van der Waals surface area (Å²) in [7, 11) is 0. The zero-order chi connectivity index (χ0) is 55.0. The number of hydrogen-bond donors (Lipinski definition) is 0. The average Bonchev–Trinajstić information content (AvgIpc) is 3.42. The Morgan fingerprint density at radius 2 is 0.513 bits per heavy atom. The van der Waals surface area contributed by atoms with Crippen molar-refractivity contribution in [3.63, 3.8) is 0 Å². The summed E-state index contributed by atoms with van der Waals surface area (Å²) in [6.45, 7) is 6.58. The summed E-state index contributed by atoms with van der Waals surface area (Å²) in [6.07, 6.45) is 81.4. The first kappa shape index (κ1) is 73.4. The van der Waals surface area contributed by atoms with Crippen LogP contribution in [0.3, 0.4) is 0 Å². The number of unbranched alkanes of at least 4 members (excludes halogenated alkanes) is 43.